The molecule has 3 rings (SSSR count). The van der Waals surface area contributed by atoms with Crippen molar-refractivity contribution in [1.82, 2.24) is 19.6 Å². The highest BCUT2D eigenvalue weighted by Crippen LogP contribution is 2.21. The van der Waals surface area contributed by atoms with Crippen molar-refractivity contribution in [2.75, 3.05) is 5.32 Å². The van der Waals surface area contributed by atoms with Crippen LogP contribution in [-0.2, 0) is 20.0 Å². The quantitative estimate of drug-likeness (QED) is 0.888. The third-order valence-electron chi connectivity index (χ3n) is 3.72. The summed E-state index contributed by atoms with van der Waals surface area (Å²) >= 11 is 0. The topological polar surface area (TPSA) is 64.7 Å². The molecular formula is C14H19N5O. The molecule has 0 radical (unpaired) electrons. The monoisotopic (exact) mass is 273 g/mol. The summed E-state index contributed by atoms with van der Waals surface area (Å²) in [5.74, 6) is 0. The summed E-state index contributed by atoms with van der Waals surface area (Å²) < 4.78 is 3.26. The van der Waals surface area contributed by atoms with E-state index in [0.29, 0.717) is 12.6 Å². The first-order valence-corrected chi connectivity index (χ1v) is 7.02. The van der Waals surface area contributed by atoms with Crippen LogP contribution < -0.4 is 10.9 Å². The van der Waals surface area contributed by atoms with Gasteiger partial charge >= 0.3 is 0 Å². The molecule has 1 fully saturated rings. The molecule has 2 aromatic heterocycles. The van der Waals surface area contributed by atoms with E-state index in [-0.39, 0.29) is 5.56 Å². The minimum Gasteiger partial charge on any atom is -0.381 e. The molecule has 1 saturated carbocycles. The molecular weight excluding hydrogens is 254 g/mol. The maximum atomic E-state index is 12.0. The molecule has 1 N–H and O–H groups in total. The summed E-state index contributed by atoms with van der Waals surface area (Å²) in [4.78, 5) is 12.0. The van der Waals surface area contributed by atoms with Crippen LogP contribution in [0.1, 0.15) is 24.8 Å². The molecule has 0 atom stereocenters. The number of rotatable bonds is 5. The van der Waals surface area contributed by atoms with Crippen LogP contribution in [0.3, 0.4) is 0 Å². The zero-order valence-electron chi connectivity index (χ0n) is 11.6. The smallest absolute Gasteiger partial charge is 0.268 e. The Morgan fingerprint density at radius 3 is 2.80 bits per heavy atom. The van der Waals surface area contributed by atoms with Crippen LogP contribution in [0.25, 0.3) is 0 Å². The fourth-order valence-corrected chi connectivity index (χ4v) is 2.30. The number of anilines is 1. The molecule has 6 nitrogen and oxygen atoms in total. The number of aryl methyl sites for hydroxylation is 3. The van der Waals surface area contributed by atoms with Gasteiger partial charge in [0.05, 0.1) is 18.1 Å². The second-order valence-electron chi connectivity index (χ2n) is 5.35. The summed E-state index contributed by atoms with van der Waals surface area (Å²) in [6, 6.07) is 2.15. The molecule has 0 aliphatic heterocycles. The van der Waals surface area contributed by atoms with Crippen LogP contribution in [0.5, 0.6) is 0 Å². The molecule has 1 aliphatic rings. The first-order chi connectivity index (χ1) is 9.70. The average Bonchev–Trinajstić information content (AvgIpc) is 2.79. The van der Waals surface area contributed by atoms with Crippen molar-refractivity contribution in [3.8, 4) is 0 Å². The average molecular weight is 273 g/mol. The van der Waals surface area contributed by atoms with Gasteiger partial charge in [-0.1, -0.05) is 0 Å². The molecule has 20 heavy (non-hydrogen) atoms. The van der Waals surface area contributed by atoms with Gasteiger partial charge in [0.25, 0.3) is 5.56 Å². The molecule has 0 spiro atoms. The number of hydrogen-bond donors (Lipinski definition) is 1. The maximum absolute atomic E-state index is 12.0. The highest BCUT2D eigenvalue weighted by atomic mass is 16.1. The molecule has 0 bridgehead atoms. The van der Waals surface area contributed by atoms with Gasteiger partial charge in [0.2, 0.25) is 0 Å². The van der Waals surface area contributed by atoms with Crippen molar-refractivity contribution < 1.29 is 0 Å². The zero-order chi connectivity index (χ0) is 13.9. The Morgan fingerprint density at radius 1 is 1.35 bits per heavy atom. The predicted octanol–water partition coefficient (Wildman–Crippen LogP) is 1.18. The SMILES string of the molecule is Cn1cc(CCn2ncc(NC3CCC3)cc2=O)cn1. The summed E-state index contributed by atoms with van der Waals surface area (Å²) in [5.41, 5.74) is 1.88. The number of nitrogens with one attached hydrogen (secondary N) is 1. The van der Waals surface area contributed by atoms with E-state index >= 15 is 0 Å². The molecule has 2 heterocycles. The van der Waals surface area contributed by atoms with Crippen LogP contribution in [0, 0.1) is 0 Å². The largest absolute Gasteiger partial charge is 0.381 e. The van der Waals surface area contributed by atoms with Crippen molar-refractivity contribution in [1.29, 1.82) is 0 Å². The van der Waals surface area contributed by atoms with Crippen LogP contribution in [-0.4, -0.2) is 25.6 Å². The third kappa shape index (κ3) is 2.89. The van der Waals surface area contributed by atoms with E-state index in [4.69, 9.17) is 0 Å². The summed E-state index contributed by atoms with van der Waals surface area (Å²) in [7, 11) is 1.88. The summed E-state index contributed by atoms with van der Waals surface area (Å²) in [6.45, 7) is 0.578. The van der Waals surface area contributed by atoms with E-state index in [2.05, 4.69) is 15.5 Å². The fraction of sp³-hybridized carbons (Fsp3) is 0.500. The Morgan fingerprint density at radius 2 is 2.20 bits per heavy atom. The van der Waals surface area contributed by atoms with E-state index in [9.17, 15) is 4.79 Å². The Bertz CT molecular complexity index is 641. The van der Waals surface area contributed by atoms with Crippen molar-refractivity contribution in [2.45, 2.75) is 38.3 Å². The molecule has 106 valence electrons. The van der Waals surface area contributed by atoms with Crippen molar-refractivity contribution in [2.24, 2.45) is 7.05 Å². The molecule has 2 aromatic rings. The van der Waals surface area contributed by atoms with Crippen LogP contribution in [0.15, 0.2) is 29.5 Å². The Hall–Kier alpha value is -2.11. The predicted molar refractivity (Wildman–Crippen MR) is 76.7 cm³/mol. The second-order valence-corrected chi connectivity index (χ2v) is 5.35. The van der Waals surface area contributed by atoms with E-state index in [0.717, 1.165) is 17.7 Å². The minimum absolute atomic E-state index is 0.0572. The summed E-state index contributed by atoms with van der Waals surface area (Å²) in [6.07, 6.45) is 9.91. The van der Waals surface area contributed by atoms with Crippen LogP contribution in [0.2, 0.25) is 0 Å². The molecule has 6 heteroatoms. The van der Waals surface area contributed by atoms with Gasteiger partial charge in [-0.05, 0) is 31.2 Å². The molecule has 1 aliphatic carbocycles. The Kier molecular flexibility index (Phi) is 3.54. The van der Waals surface area contributed by atoms with Crippen LogP contribution >= 0.6 is 0 Å². The number of aromatic nitrogens is 4. The van der Waals surface area contributed by atoms with Crippen molar-refractivity contribution in [3.63, 3.8) is 0 Å². The summed E-state index contributed by atoms with van der Waals surface area (Å²) in [5, 5.41) is 11.7. The first kappa shape index (κ1) is 12.9. The lowest BCUT2D eigenvalue weighted by Gasteiger charge is -2.27. The van der Waals surface area contributed by atoms with Crippen LogP contribution in [0.4, 0.5) is 5.69 Å². The van der Waals surface area contributed by atoms with Gasteiger partial charge in [0.1, 0.15) is 0 Å². The number of hydrogen-bond acceptors (Lipinski definition) is 4. The van der Waals surface area contributed by atoms with Gasteiger partial charge in [0, 0.05) is 31.9 Å². The highest BCUT2D eigenvalue weighted by Gasteiger charge is 2.17. The third-order valence-corrected chi connectivity index (χ3v) is 3.72. The molecule has 0 amide bonds. The van der Waals surface area contributed by atoms with E-state index < -0.39 is 0 Å². The van der Waals surface area contributed by atoms with Gasteiger partial charge in [-0.25, -0.2) is 4.68 Å². The van der Waals surface area contributed by atoms with Crippen molar-refractivity contribution in [3.05, 3.63) is 40.6 Å². The molecule has 0 unspecified atom stereocenters. The van der Waals surface area contributed by atoms with Gasteiger partial charge in [0.15, 0.2) is 0 Å². The van der Waals surface area contributed by atoms with Crippen molar-refractivity contribution >= 4 is 5.69 Å². The molecule has 0 saturated heterocycles. The van der Waals surface area contributed by atoms with Gasteiger partial charge in [-0.15, -0.1) is 0 Å². The lowest BCUT2D eigenvalue weighted by atomic mass is 9.93. The highest BCUT2D eigenvalue weighted by molar-refractivity contribution is 5.40. The van der Waals surface area contributed by atoms with E-state index in [1.54, 1.807) is 16.9 Å². The zero-order valence-corrected chi connectivity index (χ0v) is 11.6. The lowest BCUT2D eigenvalue weighted by Crippen LogP contribution is -2.29. The lowest BCUT2D eigenvalue weighted by molar-refractivity contribution is 0.445. The van der Waals surface area contributed by atoms with E-state index in [1.165, 1.54) is 23.9 Å². The van der Waals surface area contributed by atoms with Gasteiger partial charge < -0.3 is 5.32 Å². The fourth-order valence-electron chi connectivity index (χ4n) is 2.30. The maximum Gasteiger partial charge on any atom is 0.268 e. The normalized spacial score (nSPS) is 15.1. The van der Waals surface area contributed by atoms with E-state index in [1.807, 2.05) is 19.4 Å². The number of nitrogens with zero attached hydrogens (tertiary/aromatic N) is 4. The standard InChI is InChI=1S/C14H19N5O/c1-18-10-11(8-15-18)5-6-19-14(20)7-13(9-16-19)17-12-3-2-4-12/h7-10,12,17H,2-6H2,1H3. The first-order valence-electron chi connectivity index (χ1n) is 7.02. The molecule has 0 aromatic carbocycles. The van der Waals surface area contributed by atoms with Gasteiger partial charge in [-0.2, -0.15) is 10.2 Å². The Labute approximate surface area is 117 Å². The van der Waals surface area contributed by atoms with Gasteiger partial charge in [-0.3, -0.25) is 9.48 Å². The minimum atomic E-state index is -0.0572. The Balaban J connectivity index is 1.63. The second kappa shape index (κ2) is 5.48.